The summed E-state index contributed by atoms with van der Waals surface area (Å²) < 4.78 is 1.94. The molecule has 1 amide bonds. The average Bonchev–Trinajstić information content (AvgIpc) is 3.35. The van der Waals surface area contributed by atoms with Gasteiger partial charge in [0.15, 0.2) is 5.96 Å². The number of hydrogen-bond acceptors (Lipinski definition) is 5. The van der Waals surface area contributed by atoms with Crippen molar-refractivity contribution in [2.24, 2.45) is 10.9 Å². The Hall–Kier alpha value is -2.10. The number of rotatable bonds is 5. The molecule has 0 aliphatic carbocycles. The number of halogens is 1. The number of aliphatic imine (C=N–C) groups is 1. The van der Waals surface area contributed by atoms with E-state index in [0.29, 0.717) is 19.0 Å². The maximum Gasteiger partial charge on any atom is 0.223 e. The Labute approximate surface area is 182 Å². The second-order valence-electron chi connectivity index (χ2n) is 7.49. The number of nitrogens with zero attached hydrogens (tertiary/aromatic N) is 4. The molecule has 1 unspecified atom stereocenters. The third kappa shape index (κ3) is 4.48. The van der Waals surface area contributed by atoms with Gasteiger partial charge < -0.3 is 15.5 Å². The van der Waals surface area contributed by atoms with E-state index in [1.54, 1.807) is 0 Å². The zero-order chi connectivity index (χ0) is 18.8. The van der Waals surface area contributed by atoms with E-state index in [9.17, 15) is 4.79 Å². The first-order chi connectivity index (χ1) is 13.1. The van der Waals surface area contributed by atoms with Gasteiger partial charge in [-0.15, -0.1) is 24.0 Å². The van der Waals surface area contributed by atoms with E-state index in [4.69, 9.17) is 0 Å². The summed E-state index contributed by atoms with van der Waals surface area (Å²) >= 11 is 0. The number of carbonyl (C=O) groups excluding carboxylic acids is 1. The van der Waals surface area contributed by atoms with Gasteiger partial charge in [-0.05, 0) is 12.5 Å². The Morgan fingerprint density at radius 2 is 2.07 bits per heavy atom. The van der Waals surface area contributed by atoms with Crippen LogP contribution in [0.2, 0.25) is 0 Å². The Kier molecular flexibility index (Phi) is 6.58. The lowest BCUT2D eigenvalue weighted by molar-refractivity contribution is -0.127. The maximum absolute atomic E-state index is 12.3. The summed E-state index contributed by atoms with van der Waals surface area (Å²) in [7, 11) is 1.88. The van der Waals surface area contributed by atoms with Gasteiger partial charge in [0.2, 0.25) is 5.91 Å². The van der Waals surface area contributed by atoms with E-state index in [1.807, 2.05) is 41.0 Å². The number of benzene rings is 1. The quantitative estimate of drug-likeness (QED) is 0.624. The minimum atomic E-state index is 0. The molecule has 0 saturated carbocycles. The van der Waals surface area contributed by atoms with Gasteiger partial charge in [-0.1, -0.05) is 30.3 Å². The maximum atomic E-state index is 12.3. The molecule has 8 heteroatoms. The summed E-state index contributed by atoms with van der Waals surface area (Å²) in [6, 6.07) is 10.7. The van der Waals surface area contributed by atoms with Crippen molar-refractivity contribution in [1.29, 1.82) is 0 Å². The highest BCUT2D eigenvalue weighted by Crippen LogP contribution is 2.36. The first kappa shape index (κ1) is 20.6. The highest BCUT2D eigenvalue weighted by molar-refractivity contribution is 14.0. The van der Waals surface area contributed by atoms with Crippen molar-refractivity contribution in [2.75, 3.05) is 20.1 Å². The largest absolute Gasteiger partial charge is 0.356 e. The van der Waals surface area contributed by atoms with E-state index < -0.39 is 0 Å². The number of amides is 1. The molecule has 0 radical (unpaired) electrons. The fraction of sp³-hybridized carbons (Fsp3) is 0.450. The SMILES string of the molecule is CC1CN=C(NC[C@@H]2CC(=O)N(C)[C@H]2c2cnn(Cc3ccccc3)c2)N1.I. The molecule has 0 bridgehead atoms. The van der Waals surface area contributed by atoms with Crippen molar-refractivity contribution in [2.45, 2.75) is 32.0 Å². The van der Waals surface area contributed by atoms with Crippen molar-refractivity contribution in [3.63, 3.8) is 0 Å². The summed E-state index contributed by atoms with van der Waals surface area (Å²) in [6.45, 7) is 4.34. The van der Waals surface area contributed by atoms with E-state index in [-0.39, 0.29) is 41.8 Å². The van der Waals surface area contributed by atoms with Gasteiger partial charge in [0.25, 0.3) is 0 Å². The zero-order valence-corrected chi connectivity index (χ0v) is 18.5. The highest BCUT2D eigenvalue weighted by Gasteiger charge is 2.39. The summed E-state index contributed by atoms with van der Waals surface area (Å²) in [4.78, 5) is 18.6. The Morgan fingerprint density at radius 3 is 2.79 bits per heavy atom. The highest BCUT2D eigenvalue weighted by atomic mass is 127. The number of aromatic nitrogens is 2. The lowest BCUT2D eigenvalue weighted by Crippen LogP contribution is -2.40. The van der Waals surface area contributed by atoms with Crippen molar-refractivity contribution >= 4 is 35.8 Å². The fourth-order valence-corrected chi connectivity index (χ4v) is 3.91. The molecule has 28 heavy (non-hydrogen) atoms. The summed E-state index contributed by atoms with van der Waals surface area (Å²) in [5.74, 6) is 1.21. The fourth-order valence-electron chi connectivity index (χ4n) is 3.91. The Balaban J connectivity index is 0.00000225. The van der Waals surface area contributed by atoms with Gasteiger partial charge in [0.05, 0.1) is 25.3 Å². The Morgan fingerprint density at radius 1 is 1.29 bits per heavy atom. The molecule has 1 aromatic carbocycles. The molecule has 1 aromatic heterocycles. The van der Waals surface area contributed by atoms with Crippen LogP contribution in [0.1, 0.15) is 30.5 Å². The summed E-state index contributed by atoms with van der Waals surface area (Å²) in [5.41, 5.74) is 2.29. The predicted molar refractivity (Wildman–Crippen MR) is 120 cm³/mol. The van der Waals surface area contributed by atoms with Gasteiger partial charge in [0, 0.05) is 43.7 Å². The summed E-state index contributed by atoms with van der Waals surface area (Å²) in [5, 5.41) is 11.2. The van der Waals surface area contributed by atoms with E-state index in [2.05, 4.69) is 46.0 Å². The van der Waals surface area contributed by atoms with Gasteiger partial charge in [-0.25, -0.2) is 0 Å². The van der Waals surface area contributed by atoms with E-state index in [0.717, 1.165) is 24.6 Å². The molecule has 2 aliphatic heterocycles. The molecule has 4 rings (SSSR count). The molecule has 3 heterocycles. The lowest BCUT2D eigenvalue weighted by Gasteiger charge is -2.24. The van der Waals surface area contributed by atoms with Gasteiger partial charge in [-0.3, -0.25) is 14.5 Å². The van der Waals surface area contributed by atoms with Crippen LogP contribution in [0.15, 0.2) is 47.7 Å². The van der Waals surface area contributed by atoms with E-state index in [1.165, 1.54) is 5.56 Å². The second kappa shape index (κ2) is 8.93. The minimum Gasteiger partial charge on any atom is -0.356 e. The molecule has 2 aromatic rings. The first-order valence-corrected chi connectivity index (χ1v) is 9.47. The smallest absolute Gasteiger partial charge is 0.223 e. The predicted octanol–water partition coefficient (Wildman–Crippen LogP) is 2.01. The molecule has 1 fully saturated rings. The van der Waals surface area contributed by atoms with Crippen LogP contribution < -0.4 is 10.6 Å². The minimum absolute atomic E-state index is 0. The lowest BCUT2D eigenvalue weighted by atomic mass is 9.96. The monoisotopic (exact) mass is 494 g/mol. The van der Waals surface area contributed by atoms with Crippen LogP contribution in [0, 0.1) is 5.92 Å². The van der Waals surface area contributed by atoms with E-state index >= 15 is 0 Å². The van der Waals surface area contributed by atoms with Gasteiger partial charge >= 0.3 is 0 Å². The van der Waals surface area contributed by atoms with Crippen molar-refractivity contribution < 1.29 is 4.79 Å². The van der Waals surface area contributed by atoms with Crippen LogP contribution in [-0.2, 0) is 11.3 Å². The number of likely N-dealkylation sites (tertiary alicyclic amines) is 1. The van der Waals surface area contributed by atoms with Crippen molar-refractivity contribution in [1.82, 2.24) is 25.3 Å². The third-order valence-electron chi connectivity index (χ3n) is 5.31. The third-order valence-corrected chi connectivity index (χ3v) is 5.31. The van der Waals surface area contributed by atoms with Crippen LogP contribution >= 0.6 is 24.0 Å². The second-order valence-corrected chi connectivity index (χ2v) is 7.49. The molecular weight excluding hydrogens is 467 g/mol. The number of carbonyl (C=O) groups is 1. The van der Waals surface area contributed by atoms with Crippen LogP contribution in [0.3, 0.4) is 0 Å². The molecule has 2 N–H and O–H groups in total. The summed E-state index contributed by atoms with van der Waals surface area (Å²) in [6.07, 6.45) is 4.50. The van der Waals surface area contributed by atoms with Crippen LogP contribution in [-0.4, -0.2) is 52.7 Å². The number of hydrogen-bond donors (Lipinski definition) is 2. The van der Waals surface area contributed by atoms with Crippen LogP contribution in [0.5, 0.6) is 0 Å². The zero-order valence-electron chi connectivity index (χ0n) is 16.2. The normalized spacial score (nSPS) is 23.9. The molecule has 150 valence electrons. The number of nitrogens with one attached hydrogen (secondary N) is 2. The van der Waals surface area contributed by atoms with Crippen LogP contribution in [0.4, 0.5) is 0 Å². The standard InChI is InChI=1S/C20H26N6O.HI/c1-14-9-21-20(24-14)22-10-16-8-18(27)25(2)19(16)17-11-23-26(13-17)12-15-6-4-3-5-7-15;/h3-7,11,13-14,16,19H,8-10,12H2,1-2H3,(H2,21,22,24);1H/t14?,16-,19+;/m0./s1. The first-order valence-electron chi connectivity index (χ1n) is 9.47. The van der Waals surface area contributed by atoms with Crippen LogP contribution in [0.25, 0.3) is 0 Å². The van der Waals surface area contributed by atoms with Gasteiger partial charge in [0.1, 0.15) is 0 Å². The molecule has 0 spiro atoms. The molecule has 1 saturated heterocycles. The topological polar surface area (TPSA) is 74.5 Å². The molecule has 3 atom stereocenters. The van der Waals surface area contributed by atoms with Gasteiger partial charge in [-0.2, -0.15) is 5.10 Å². The Bertz CT molecular complexity index is 836. The molecular formula is C20H27IN6O. The number of guanidine groups is 1. The molecule has 2 aliphatic rings. The van der Waals surface area contributed by atoms with Crippen molar-refractivity contribution in [3.8, 4) is 0 Å². The average molecular weight is 494 g/mol. The van der Waals surface area contributed by atoms with Crippen molar-refractivity contribution in [3.05, 3.63) is 53.9 Å². The molecule has 7 nitrogen and oxygen atoms in total.